The minimum absolute atomic E-state index is 0.165. The van der Waals surface area contributed by atoms with Crippen LogP contribution in [0.5, 0.6) is 0 Å². The zero-order valence-corrected chi connectivity index (χ0v) is 19.6. The van der Waals surface area contributed by atoms with E-state index in [4.69, 9.17) is 23.2 Å². The van der Waals surface area contributed by atoms with E-state index in [9.17, 15) is 4.79 Å². The summed E-state index contributed by atoms with van der Waals surface area (Å²) in [5.41, 5.74) is 1.49. The lowest BCUT2D eigenvalue weighted by Crippen LogP contribution is -2.15. The summed E-state index contributed by atoms with van der Waals surface area (Å²) in [6, 6.07) is 7.45. The van der Waals surface area contributed by atoms with Gasteiger partial charge in [0.05, 0.1) is 21.5 Å². The smallest absolute Gasteiger partial charge is 0.234 e. The largest absolute Gasteiger partial charge is 0.323 e. The van der Waals surface area contributed by atoms with E-state index in [2.05, 4.69) is 52.3 Å². The lowest BCUT2D eigenvalue weighted by Gasteiger charge is -2.13. The monoisotopic (exact) mass is 468 g/mol. The van der Waals surface area contributed by atoms with Crippen molar-refractivity contribution in [3.8, 4) is 11.4 Å². The molecule has 0 fully saturated rings. The van der Waals surface area contributed by atoms with Crippen molar-refractivity contribution in [2.45, 2.75) is 44.8 Å². The van der Waals surface area contributed by atoms with Crippen molar-refractivity contribution in [3.63, 3.8) is 0 Å². The van der Waals surface area contributed by atoms with E-state index < -0.39 is 0 Å². The van der Waals surface area contributed by atoms with Gasteiger partial charge in [0.15, 0.2) is 11.0 Å². The standard InChI is InChI=1S/C20H22Cl2N4OS2/c1-4-6-14-9-13(10-28-14)19-24-25-20(26(19)12(2)3)29-11-17(27)23-18-15(21)7-5-8-16(18)22/h5,7-10,12H,4,6,11H2,1-3H3,(H,23,27). The van der Waals surface area contributed by atoms with Crippen LogP contribution in [-0.2, 0) is 11.2 Å². The molecule has 3 rings (SSSR count). The Morgan fingerprint density at radius 1 is 1.28 bits per heavy atom. The second-order valence-electron chi connectivity index (χ2n) is 6.76. The first-order chi connectivity index (χ1) is 13.9. The van der Waals surface area contributed by atoms with E-state index in [0.29, 0.717) is 20.9 Å². The Labute approximate surface area is 188 Å². The summed E-state index contributed by atoms with van der Waals surface area (Å²) in [5.74, 6) is 0.804. The number of nitrogens with zero attached hydrogens (tertiary/aromatic N) is 3. The van der Waals surface area contributed by atoms with Crippen LogP contribution in [0, 0.1) is 0 Å². The zero-order chi connectivity index (χ0) is 21.0. The lowest BCUT2D eigenvalue weighted by atomic mass is 10.2. The molecule has 0 atom stereocenters. The van der Waals surface area contributed by atoms with Crippen molar-refractivity contribution in [3.05, 3.63) is 44.6 Å². The molecule has 9 heteroatoms. The third-order valence-electron chi connectivity index (χ3n) is 4.15. The van der Waals surface area contributed by atoms with Gasteiger partial charge in [-0.25, -0.2) is 0 Å². The SMILES string of the molecule is CCCc1cc(-c2nnc(SCC(=O)Nc3c(Cl)cccc3Cl)n2C(C)C)cs1. The molecule has 0 bridgehead atoms. The molecule has 0 aliphatic rings. The number of hydrogen-bond donors (Lipinski definition) is 1. The van der Waals surface area contributed by atoms with Crippen LogP contribution in [0.3, 0.4) is 0 Å². The van der Waals surface area contributed by atoms with Crippen molar-refractivity contribution in [2.75, 3.05) is 11.1 Å². The molecular formula is C20H22Cl2N4OS2. The molecule has 1 amide bonds. The van der Waals surface area contributed by atoms with Crippen molar-refractivity contribution < 1.29 is 4.79 Å². The van der Waals surface area contributed by atoms with E-state index in [0.717, 1.165) is 24.2 Å². The molecule has 0 spiro atoms. The summed E-state index contributed by atoms with van der Waals surface area (Å²) in [6.45, 7) is 6.34. The molecule has 3 aromatic rings. The number of thioether (sulfide) groups is 1. The van der Waals surface area contributed by atoms with E-state index in [-0.39, 0.29) is 17.7 Å². The van der Waals surface area contributed by atoms with Crippen LogP contribution in [0.2, 0.25) is 10.0 Å². The Bertz CT molecular complexity index is 980. The summed E-state index contributed by atoms with van der Waals surface area (Å²) in [6.07, 6.45) is 2.18. The molecule has 2 heterocycles. The van der Waals surface area contributed by atoms with Crippen molar-refractivity contribution in [1.29, 1.82) is 0 Å². The molecule has 2 aromatic heterocycles. The van der Waals surface area contributed by atoms with Gasteiger partial charge in [-0.05, 0) is 38.5 Å². The van der Waals surface area contributed by atoms with Crippen molar-refractivity contribution >= 4 is 57.9 Å². The van der Waals surface area contributed by atoms with Gasteiger partial charge in [0.1, 0.15) is 0 Å². The maximum atomic E-state index is 12.4. The molecule has 154 valence electrons. The van der Waals surface area contributed by atoms with E-state index in [1.807, 2.05) is 0 Å². The fourth-order valence-corrected chi connectivity index (χ4v) is 5.16. The number of amides is 1. The molecule has 5 nitrogen and oxygen atoms in total. The average Bonchev–Trinajstić information content (AvgIpc) is 3.30. The molecule has 0 aliphatic heterocycles. The van der Waals surface area contributed by atoms with Gasteiger partial charge < -0.3 is 5.32 Å². The number of rotatable bonds is 8. The quantitative estimate of drug-likeness (QED) is 0.379. The van der Waals surface area contributed by atoms with Gasteiger partial charge in [0.2, 0.25) is 5.91 Å². The second kappa shape index (κ2) is 9.98. The van der Waals surface area contributed by atoms with Gasteiger partial charge in [0, 0.05) is 21.9 Å². The van der Waals surface area contributed by atoms with Crippen LogP contribution in [0.15, 0.2) is 34.8 Å². The minimum Gasteiger partial charge on any atom is -0.323 e. The first-order valence-corrected chi connectivity index (χ1v) is 11.9. The molecule has 29 heavy (non-hydrogen) atoms. The van der Waals surface area contributed by atoms with Gasteiger partial charge in [-0.3, -0.25) is 9.36 Å². The first-order valence-electron chi connectivity index (χ1n) is 9.30. The highest BCUT2D eigenvalue weighted by atomic mass is 35.5. The molecule has 1 aromatic carbocycles. The number of carbonyl (C=O) groups is 1. The summed E-state index contributed by atoms with van der Waals surface area (Å²) >= 11 is 15.3. The molecule has 1 N–H and O–H groups in total. The van der Waals surface area contributed by atoms with E-state index in [1.165, 1.54) is 16.6 Å². The van der Waals surface area contributed by atoms with Gasteiger partial charge in [-0.1, -0.05) is 54.4 Å². The number of thiophene rings is 1. The number of carbonyl (C=O) groups excluding carboxylic acids is 1. The Morgan fingerprint density at radius 3 is 2.66 bits per heavy atom. The number of hydrogen-bond acceptors (Lipinski definition) is 5. The number of nitrogens with one attached hydrogen (secondary N) is 1. The van der Waals surface area contributed by atoms with Crippen LogP contribution >= 0.6 is 46.3 Å². The Kier molecular flexibility index (Phi) is 7.62. The van der Waals surface area contributed by atoms with Crippen molar-refractivity contribution in [2.24, 2.45) is 0 Å². The highest BCUT2D eigenvalue weighted by molar-refractivity contribution is 7.99. The Morgan fingerprint density at radius 2 is 2.00 bits per heavy atom. The second-order valence-corrected chi connectivity index (χ2v) is 9.51. The Hall–Kier alpha value is -1.54. The highest BCUT2D eigenvalue weighted by Crippen LogP contribution is 2.32. The van der Waals surface area contributed by atoms with E-state index in [1.54, 1.807) is 29.5 Å². The summed E-state index contributed by atoms with van der Waals surface area (Å²) < 4.78 is 2.07. The topological polar surface area (TPSA) is 59.8 Å². The molecule has 0 aliphatic carbocycles. The minimum atomic E-state index is -0.203. The maximum absolute atomic E-state index is 12.4. The normalized spacial score (nSPS) is 11.2. The highest BCUT2D eigenvalue weighted by Gasteiger charge is 2.19. The Balaban J connectivity index is 1.74. The third kappa shape index (κ3) is 5.34. The number of benzene rings is 1. The first kappa shape index (κ1) is 22.2. The molecule has 0 unspecified atom stereocenters. The maximum Gasteiger partial charge on any atom is 0.234 e. The number of halogens is 2. The zero-order valence-electron chi connectivity index (χ0n) is 16.4. The predicted molar refractivity (Wildman–Crippen MR) is 124 cm³/mol. The van der Waals surface area contributed by atoms with Crippen LogP contribution in [0.25, 0.3) is 11.4 Å². The fraction of sp³-hybridized carbons (Fsp3) is 0.350. The van der Waals surface area contributed by atoms with Gasteiger partial charge in [-0.2, -0.15) is 0 Å². The molecule has 0 radical (unpaired) electrons. The van der Waals surface area contributed by atoms with Crippen LogP contribution < -0.4 is 5.32 Å². The summed E-state index contributed by atoms with van der Waals surface area (Å²) in [4.78, 5) is 13.8. The van der Waals surface area contributed by atoms with Gasteiger partial charge in [-0.15, -0.1) is 21.5 Å². The number of aromatic nitrogens is 3. The van der Waals surface area contributed by atoms with Crippen LogP contribution in [-0.4, -0.2) is 26.4 Å². The van der Waals surface area contributed by atoms with Crippen LogP contribution in [0.1, 0.15) is 38.1 Å². The molecule has 0 saturated heterocycles. The summed E-state index contributed by atoms with van der Waals surface area (Å²) in [7, 11) is 0. The third-order valence-corrected chi connectivity index (χ3v) is 6.72. The average molecular weight is 469 g/mol. The molecular weight excluding hydrogens is 447 g/mol. The lowest BCUT2D eigenvalue weighted by molar-refractivity contribution is -0.113. The molecule has 0 saturated carbocycles. The number of aryl methyl sites for hydroxylation is 1. The fourth-order valence-electron chi connectivity index (χ4n) is 2.84. The number of anilines is 1. The van der Waals surface area contributed by atoms with Crippen molar-refractivity contribution in [1.82, 2.24) is 14.8 Å². The van der Waals surface area contributed by atoms with Gasteiger partial charge >= 0.3 is 0 Å². The predicted octanol–water partition coefficient (Wildman–Crippen LogP) is 6.58. The van der Waals surface area contributed by atoms with Gasteiger partial charge in [0.25, 0.3) is 0 Å². The summed E-state index contributed by atoms with van der Waals surface area (Å²) in [5, 5.41) is 15.1. The van der Waals surface area contributed by atoms with Crippen LogP contribution in [0.4, 0.5) is 5.69 Å². The van der Waals surface area contributed by atoms with E-state index >= 15 is 0 Å². The number of para-hydroxylation sites is 1.